The monoisotopic (exact) mass is 407 g/mol. The van der Waals surface area contributed by atoms with Crippen LogP contribution in [0.2, 0.25) is 5.02 Å². The highest BCUT2D eigenvalue weighted by Crippen LogP contribution is 2.36. The van der Waals surface area contributed by atoms with Gasteiger partial charge in [0.05, 0.1) is 33.5 Å². The Morgan fingerprint density at radius 1 is 0.929 bits per heavy atom. The molecule has 0 unspecified atom stereocenters. The van der Waals surface area contributed by atoms with Crippen LogP contribution in [0.15, 0.2) is 30.3 Å². The van der Waals surface area contributed by atoms with Crippen LogP contribution in [0.5, 0.6) is 23.0 Å². The van der Waals surface area contributed by atoms with Gasteiger partial charge in [-0.15, -0.1) is 0 Å². The summed E-state index contributed by atoms with van der Waals surface area (Å²) in [5.41, 5.74) is 1.57. The van der Waals surface area contributed by atoms with Crippen LogP contribution in [0.3, 0.4) is 0 Å². The Labute approximate surface area is 170 Å². The number of hydrogen-bond acceptors (Lipinski definition) is 5. The fourth-order valence-electron chi connectivity index (χ4n) is 2.92. The maximum Gasteiger partial charge on any atom is 0.253 e. The van der Waals surface area contributed by atoms with Crippen molar-refractivity contribution in [2.24, 2.45) is 0 Å². The van der Waals surface area contributed by atoms with Gasteiger partial charge < -0.3 is 23.8 Å². The Morgan fingerprint density at radius 2 is 1.61 bits per heavy atom. The highest BCUT2D eigenvalue weighted by Gasteiger charge is 2.18. The van der Waals surface area contributed by atoms with Crippen LogP contribution < -0.4 is 18.9 Å². The van der Waals surface area contributed by atoms with Crippen molar-refractivity contribution in [3.05, 3.63) is 46.5 Å². The molecule has 2 aromatic carbocycles. The zero-order chi connectivity index (χ0) is 20.7. The van der Waals surface area contributed by atoms with Crippen molar-refractivity contribution in [1.29, 1.82) is 0 Å². The van der Waals surface area contributed by atoms with Crippen LogP contribution >= 0.6 is 11.6 Å². The van der Waals surface area contributed by atoms with Crippen molar-refractivity contribution in [2.75, 3.05) is 42.0 Å². The van der Waals surface area contributed by atoms with E-state index >= 15 is 0 Å². The molecule has 0 aliphatic carbocycles. The van der Waals surface area contributed by atoms with Gasteiger partial charge in [0.25, 0.3) is 5.91 Å². The van der Waals surface area contributed by atoms with E-state index in [-0.39, 0.29) is 5.91 Å². The van der Waals surface area contributed by atoms with Gasteiger partial charge in [-0.3, -0.25) is 4.79 Å². The third-order valence-electron chi connectivity index (χ3n) is 4.43. The van der Waals surface area contributed by atoms with E-state index in [1.54, 1.807) is 38.3 Å². The molecule has 0 N–H and O–H groups in total. The van der Waals surface area contributed by atoms with Crippen molar-refractivity contribution >= 4 is 17.5 Å². The number of aryl methyl sites for hydroxylation is 1. The number of methoxy groups -OCH3 is 4. The molecule has 0 aromatic heterocycles. The zero-order valence-corrected chi connectivity index (χ0v) is 17.6. The molecule has 7 heteroatoms. The largest absolute Gasteiger partial charge is 0.493 e. The zero-order valence-electron chi connectivity index (χ0n) is 16.9. The topological polar surface area (TPSA) is 57.2 Å². The molecule has 2 aromatic rings. The number of hydrogen-bond donors (Lipinski definition) is 0. The standard InChI is InChI=1S/C21H26ClNO5/c1-23(10-6-7-14-8-9-17(25-2)18(11-14)26-3)21(24)15-12-16(22)20(28-5)19(13-15)27-4/h8-9,11-13H,6-7,10H2,1-5H3. The Kier molecular flexibility index (Phi) is 7.81. The molecule has 0 atom stereocenters. The maximum atomic E-state index is 12.7. The van der Waals surface area contributed by atoms with Gasteiger partial charge in [-0.25, -0.2) is 0 Å². The predicted molar refractivity (Wildman–Crippen MR) is 109 cm³/mol. The van der Waals surface area contributed by atoms with E-state index in [2.05, 4.69) is 0 Å². The summed E-state index contributed by atoms with van der Waals surface area (Å²) in [6, 6.07) is 9.06. The molecule has 0 fully saturated rings. The summed E-state index contributed by atoms with van der Waals surface area (Å²) >= 11 is 6.20. The van der Waals surface area contributed by atoms with Crippen LogP contribution in [-0.2, 0) is 6.42 Å². The smallest absolute Gasteiger partial charge is 0.253 e. The summed E-state index contributed by atoms with van der Waals surface area (Å²) in [6.07, 6.45) is 1.61. The van der Waals surface area contributed by atoms with E-state index in [9.17, 15) is 4.79 Å². The summed E-state index contributed by atoms with van der Waals surface area (Å²) in [5, 5.41) is 0.337. The minimum atomic E-state index is -0.129. The van der Waals surface area contributed by atoms with Crippen molar-refractivity contribution < 1.29 is 23.7 Å². The SMILES string of the molecule is COc1ccc(CCCN(C)C(=O)c2cc(Cl)c(OC)c(OC)c2)cc1OC. The van der Waals surface area contributed by atoms with Gasteiger partial charge in [0, 0.05) is 19.2 Å². The quantitative estimate of drug-likeness (QED) is 0.627. The molecular formula is C21H26ClNO5. The van der Waals surface area contributed by atoms with Gasteiger partial charge in [0.1, 0.15) is 0 Å². The number of amides is 1. The summed E-state index contributed by atoms with van der Waals surface area (Å²) in [7, 11) is 8.00. The Hall–Kier alpha value is -2.60. The molecule has 0 saturated heterocycles. The number of carbonyl (C=O) groups is 1. The average molecular weight is 408 g/mol. The summed E-state index contributed by atoms with van der Waals surface area (Å²) in [4.78, 5) is 14.4. The fraction of sp³-hybridized carbons (Fsp3) is 0.381. The van der Waals surface area contributed by atoms with Crippen LogP contribution in [0.4, 0.5) is 0 Å². The van der Waals surface area contributed by atoms with E-state index < -0.39 is 0 Å². The van der Waals surface area contributed by atoms with E-state index in [0.29, 0.717) is 40.1 Å². The summed E-state index contributed by atoms with van der Waals surface area (Å²) < 4.78 is 21.1. The number of benzene rings is 2. The average Bonchev–Trinajstić information content (AvgIpc) is 2.72. The van der Waals surface area contributed by atoms with Gasteiger partial charge in [-0.05, 0) is 42.7 Å². The third kappa shape index (κ3) is 5.01. The molecule has 0 heterocycles. The van der Waals surface area contributed by atoms with Crippen molar-refractivity contribution in [1.82, 2.24) is 4.90 Å². The Morgan fingerprint density at radius 3 is 2.21 bits per heavy atom. The highest BCUT2D eigenvalue weighted by molar-refractivity contribution is 6.32. The third-order valence-corrected chi connectivity index (χ3v) is 4.71. The van der Waals surface area contributed by atoms with Gasteiger partial charge in [0.2, 0.25) is 0 Å². The van der Waals surface area contributed by atoms with Crippen LogP contribution in [0, 0.1) is 0 Å². The number of ether oxygens (including phenoxy) is 4. The lowest BCUT2D eigenvalue weighted by molar-refractivity contribution is 0.0793. The molecule has 6 nitrogen and oxygen atoms in total. The van der Waals surface area contributed by atoms with E-state index in [4.69, 9.17) is 30.5 Å². The van der Waals surface area contributed by atoms with E-state index in [1.165, 1.54) is 14.2 Å². The predicted octanol–water partition coefficient (Wildman–Crippen LogP) is 4.08. The second kappa shape index (κ2) is 10.1. The second-order valence-corrected chi connectivity index (χ2v) is 6.62. The fourth-order valence-corrected chi connectivity index (χ4v) is 3.21. The Bertz CT molecular complexity index is 825. The van der Waals surface area contributed by atoms with Gasteiger partial charge in [-0.2, -0.15) is 0 Å². The second-order valence-electron chi connectivity index (χ2n) is 6.21. The van der Waals surface area contributed by atoms with E-state index in [0.717, 1.165) is 18.4 Å². The molecular weight excluding hydrogens is 382 g/mol. The minimum absolute atomic E-state index is 0.129. The summed E-state index contributed by atoms with van der Waals surface area (Å²) in [5.74, 6) is 2.11. The molecule has 28 heavy (non-hydrogen) atoms. The lowest BCUT2D eigenvalue weighted by atomic mass is 10.1. The number of carbonyl (C=O) groups excluding carboxylic acids is 1. The number of rotatable bonds is 9. The molecule has 0 spiro atoms. The lowest BCUT2D eigenvalue weighted by Gasteiger charge is -2.19. The molecule has 2 rings (SSSR count). The molecule has 0 aliphatic rings. The number of nitrogens with zero attached hydrogens (tertiary/aromatic N) is 1. The molecule has 0 aliphatic heterocycles. The first-order valence-corrected chi connectivity index (χ1v) is 9.20. The van der Waals surface area contributed by atoms with Crippen molar-refractivity contribution in [3.8, 4) is 23.0 Å². The first-order valence-electron chi connectivity index (χ1n) is 8.83. The highest BCUT2D eigenvalue weighted by atomic mass is 35.5. The Balaban J connectivity index is 2.01. The summed E-state index contributed by atoms with van der Waals surface area (Å²) in [6.45, 7) is 0.596. The molecule has 152 valence electrons. The number of halogens is 1. The minimum Gasteiger partial charge on any atom is -0.493 e. The molecule has 0 saturated carbocycles. The van der Waals surface area contributed by atoms with Crippen molar-refractivity contribution in [2.45, 2.75) is 12.8 Å². The van der Waals surface area contributed by atoms with Crippen LogP contribution in [0.1, 0.15) is 22.3 Å². The molecule has 1 amide bonds. The van der Waals surface area contributed by atoms with Gasteiger partial charge in [0.15, 0.2) is 23.0 Å². The van der Waals surface area contributed by atoms with Crippen LogP contribution in [0.25, 0.3) is 0 Å². The lowest BCUT2D eigenvalue weighted by Crippen LogP contribution is -2.28. The van der Waals surface area contributed by atoms with Gasteiger partial charge in [-0.1, -0.05) is 17.7 Å². The molecule has 0 bridgehead atoms. The maximum absolute atomic E-state index is 12.7. The first kappa shape index (κ1) is 21.7. The normalized spacial score (nSPS) is 10.4. The van der Waals surface area contributed by atoms with E-state index in [1.807, 2.05) is 18.2 Å². The van der Waals surface area contributed by atoms with Crippen molar-refractivity contribution in [3.63, 3.8) is 0 Å². The molecule has 0 radical (unpaired) electrons. The van der Waals surface area contributed by atoms with Gasteiger partial charge >= 0.3 is 0 Å². The van der Waals surface area contributed by atoms with Crippen LogP contribution in [-0.4, -0.2) is 52.8 Å². The first-order chi connectivity index (χ1) is 13.4.